The minimum Gasteiger partial charge on any atom is -0.346 e. The number of hydrogen-bond acceptors (Lipinski definition) is 4. The van der Waals surface area contributed by atoms with Crippen LogP contribution < -0.4 is 5.43 Å². The molecule has 0 aliphatic rings. The molecule has 6 heteroatoms. The summed E-state index contributed by atoms with van der Waals surface area (Å²) >= 11 is 0. The van der Waals surface area contributed by atoms with Gasteiger partial charge in [0.1, 0.15) is 12.1 Å². The monoisotopic (exact) mass is 163 g/mol. The molecule has 0 radical (unpaired) electrons. The van der Waals surface area contributed by atoms with Crippen molar-refractivity contribution in [3.05, 3.63) is 34.9 Å². The number of nitrogens with zero attached hydrogens (tertiary/aromatic N) is 4. The maximum atomic E-state index is 10.9. The predicted octanol–water partition coefficient (Wildman–Crippen LogP) is -0.649. The highest BCUT2D eigenvalue weighted by molar-refractivity contribution is 5.18. The van der Waals surface area contributed by atoms with Crippen molar-refractivity contribution in [3.8, 4) is 5.82 Å². The van der Waals surface area contributed by atoms with Crippen LogP contribution in [0.1, 0.15) is 0 Å². The topological polar surface area (TPSA) is 76.5 Å². The highest BCUT2D eigenvalue weighted by atomic mass is 16.1. The Morgan fingerprint density at radius 2 is 2.42 bits per heavy atom. The number of tetrazole rings is 1. The van der Waals surface area contributed by atoms with Gasteiger partial charge in [0.05, 0.1) is 0 Å². The van der Waals surface area contributed by atoms with Crippen molar-refractivity contribution in [2.24, 2.45) is 0 Å². The molecule has 1 N–H and O–H groups in total. The molecule has 0 aliphatic heterocycles. The van der Waals surface area contributed by atoms with E-state index in [0.29, 0.717) is 5.82 Å². The summed E-state index contributed by atoms with van der Waals surface area (Å²) in [7, 11) is 0. The summed E-state index contributed by atoms with van der Waals surface area (Å²) < 4.78 is 1.38. The molecule has 12 heavy (non-hydrogen) atoms. The van der Waals surface area contributed by atoms with Gasteiger partial charge < -0.3 is 4.98 Å². The van der Waals surface area contributed by atoms with Gasteiger partial charge in [0.15, 0.2) is 5.43 Å². The van der Waals surface area contributed by atoms with Gasteiger partial charge in [-0.2, -0.15) is 4.68 Å². The first kappa shape index (κ1) is 6.71. The largest absolute Gasteiger partial charge is 0.346 e. The fourth-order valence-corrected chi connectivity index (χ4v) is 0.838. The van der Waals surface area contributed by atoms with Gasteiger partial charge in [0, 0.05) is 18.3 Å². The van der Waals surface area contributed by atoms with E-state index in [1.807, 2.05) is 0 Å². The van der Waals surface area contributed by atoms with Crippen LogP contribution in [-0.4, -0.2) is 25.2 Å². The van der Waals surface area contributed by atoms with Crippen LogP contribution in [0.15, 0.2) is 29.5 Å². The van der Waals surface area contributed by atoms with Gasteiger partial charge in [-0.25, -0.2) is 0 Å². The van der Waals surface area contributed by atoms with E-state index in [0.717, 1.165) is 0 Å². The van der Waals surface area contributed by atoms with Gasteiger partial charge in [0.2, 0.25) is 0 Å². The Kier molecular flexibility index (Phi) is 1.44. The van der Waals surface area contributed by atoms with E-state index >= 15 is 0 Å². The number of aromatic nitrogens is 5. The summed E-state index contributed by atoms with van der Waals surface area (Å²) in [6.07, 6.45) is 2.95. The van der Waals surface area contributed by atoms with E-state index < -0.39 is 0 Å². The first-order chi connectivity index (χ1) is 5.86. The van der Waals surface area contributed by atoms with Crippen molar-refractivity contribution < 1.29 is 0 Å². The lowest BCUT2D eigenvalue weighted by molar-refractivity contribution is 0.770. The number of H-pyrrole nitrogens is 1. The molecule has 2 rings (SSSR count). The maximum Gasteiger partial charge on any atom is 0.183 e. The third kappa shape index (κ3) is 1.09. The van der Waals surface area contributed by atoms with E-state index in [9.17, 15) is 4.79 Å². The number of rotatable bonds is 1. The second kappa shape index (κ2) is 2.57. The van der Waals surface area contributed by atoms with Crippen molar-refractivity contribution in [1.29, 1.82) is 0 Å². The highest BCUT2D eigenvalue weighted by Gasteiger charge is 1.96. The van der Waals surface area contributed by atoms with Crippen LogP contribution >= 0.6 is 0 Å². The smallest absolute Gasteiger partial charge is 0.183 e. The van der Waals surface area contributed by atoms with E-state index in [1.54, 1.807) is 6.20 Å². The van der Waals surface area contributed by atoms with Crippen LogP contribution in [-0.2, 0) is 0 Å². The zero-order valence-corrected chi connectivity index (χ0v) is 6.01. The molecule has 0 fully saturated rings. The van der Waals surface area contributed by atoms with Crippen molar-refractivity contribution in [3.63, 3.8) is 0 Å². The molecule has 2 aromatic heterocycles. The lowest BCUT2D eigenvalue weighted by Crippen LogP contribution is -2.04. The van der Waals surface area contributed by atoms with Crippen molar-refractivity contribution in [2.45, 2.75) is 0 Å². The summed E-state index contributed by atoms with van der Waals surface area (Å²) in [4.78, 5) is 13.7. The fraction of sp³-hybridized carbons (Fsp3) is 0. The molecule has 0 aromatic carbocycles. The minimum atomic E-state index is -0.0840. The molecule has 0 spiro atoms. The molecule has 6 nitrogen and oxygen atoms in total. The molecular weight excluding hydrogens is 158 g/mol. The van der Waals surface area contributed by atoms with Gasteiger partial charge in [-0.3, -0.25) is 4.79 Å². The molecule has 0 bridgehead atoms. The average Bonchev–Trinajstić information content (AvgIpc) is 2.56. The predicted molar refractivity (Wildman–Crippen MR) is 39.8 cm³/mol. The Labute approximate surface area is 66.9 Å². The zero-order valence-electron chi connectivity index (χ0n) is 6.01. The van der Waals surface area contributed by atoms with Crippen LogP contribution in [0, 0.1) is 0 Å². The number of hydrogen-bond donors (Lipinski definition) is 1. The molecule has 2 aromatic rings. The molecule has 0 unspecified atom stereocenters. The van der Waals surface area contributed by atoms with Crippen LogP contribution in [0.5, 0.6) is 0 Å². The SMILES string of the molecule is O=c1cc[nH]c(-n2cnnn2)c1. The van der Waals surface area contributed by atoms with Crippen molar-refractivity contribution >= 4 is 0 Å². The van der Waals surface area contributed by atoms with Gasteiger partial charge in [-0.05, 0) is 10.4 Å². The third-order valence-corrected chi connectivity index (χ3v) is 1.35. The molecule has 0 saturated carbocycles. The number of aromatic amines is 1. The molecule has 0 amide bonds. The molecule has 60 valence electrons. The van der Waals surface area contributed by atoms with Gasteiger partial charge in [-0.15, -0.1) is 5.10 Å². The Hall–Kier alpha value is -1.98. The Balaban J connectivity index is 2.55. The fourth-order valence-electron chi connectivity index (χ4n) is 0.838. The summed E-state index contributed by atoms with van der Waals surface area (Å²) in [5.41, 5.74) is -0.0840. The van der Waals surface area contributed by atoms with E-state index in [1.165, 1.54) is 23.1 Å². The van der Waals surface area contributed by atoms with Crippen LogP contribution in [0.3, 0.4) is 0 Å². The summed E-state index contributed by atoms with van der Waals surface area (Å²) in [5.74, 6) is 0.549. The Morgan fingerprint density at radius 1 is 1.50 bits per heavy atom. The van der Waals surface area contributed by atoms with Crippen molar-refractivity contribution in [2.75, 3.05) is 0 Å². The number of pyridine rings is 1. The van der Waals surface area contributed by atoms with Crippen LogP contribution in [0.4, 0.5) is 0 Å². The molecule has 2 heterocycles. The molecule has 0 saturated heterocycles. The van der Waals surface area contributed by atoms with E-state index in [-0.39, 0.29) is 5.43 Å². The molecule has 0 aliphatic carbocycles. The Bertz CT molecular complexity index is 418. The van der Waals surface area contributed by atoms with Crippen molar-refractivity contribution in [1.82, 2.24) is 25.2 Å². The van der Waals surface area contributed by atoms with E-state index in [2.05, 4.69) is 20.5 Å². The normalized spacial score (nSPS) is 10.0. The number of nitrogens with one attached hydrogen (secondary N) is 1. The summed E-state index contributed by atoms with van der Waals surface area (Å²) in [5, 5.41) is 10.5. The standard InChI is InChI=1S/C6H5N5O/c12-5-1-2-7-6(3-5)11-4-8-9-10-11/h1-4H,(H,7,12). The lowest BCUT2D eigenvalue weighted by Gasteiger charge is -1.95. The summed E-state index contributed by atoms with van der Waals surface area (Å²) in [6.45, 7) is 0. The maximum absolute atomic E-state index is 10.9. The molecule has 0 atom stereocenters. The highest BCUT2D eigenvalue weighted by Crippen LogP contribution is 1.92. The molecular formula is C6H5N5O. The third-order valence-electron chi connectivity index (χ3n) is 1.35. The van der Waals surface area contributed by atoms with Crippen LogP contribution in [0.2, 0.25) is 0 Å². The average molecular weight is 163 g/mol. The second-order valence-corrected chi connectivity index (χ2v) is 2.16. The van der Waals surface area contributed by atoms with E-state index in [4.69, 9.17) is 0 Å². The lowest BCUT2D eigenvalue weighted by atomic mass is 10.4. The van der Waals surface area contributed by atoms with Gasteiger partial charge in [-0.1, -0.05) is 0 Å². The quantitative estimate of drug-likeness (QED) is 0.606. The first-order valence-corrected chi connectivity index (χ1v) is 3.28. The minimum absolute atomic E-state index is 0.0840. The van der Waals surface area contributed by atoms with Crippen LogP contribution in [0.25, 0.3) is 5.82 Å². The summed E-state index contributed by atoms with van der Waals surface area (Å²) in [6, 6.07) is 2.84. The Morgan fingerprint density at radius 3 is 3.08 bits per heavy atom. The first-order valence-electron chi connectivity index (χ1n) is 3.28. The second-order valence-electron chi connectivity index (χ2n) is 2.16. The van der Waals surface area contributed by atoms with Gasteiger partial charge >= 0.3 is 0 Å². The van der Waals surface area contributed by atoms with Gasteiger partial charge in [0.25, 0.3) is 0 Å². The zero-order chi connectivity index (χ0) is 8.39.